The summed E-state index contributed by atoms with van der Waals surface area (Å²) in [7, 11) is 1.19. The molecule has 0 N–H and O–H groups in total. The van der Waals surface area contributed by atoms with Gasteiger partial charge in [0.15, 0.2) is 5.75 Å². The molecule has 0 spiro atoms. The van der Waals surface area contributed by atoms with Crippen LogP contribution in [-0.4, -0.2) is 16.7 Å². The van der Waals surface area contributed by atoms with E-state index >= 15 is 0 Å². The van der Waals surface area contributed by atoms with Crippen molar-refractivity contribution in [2.24, 2.45) is 0 Å². The van der Waals surface area contributed by atoms with Crippen LogP contribution in [0.2, 0.25) is 0 Å². The van der Waals surface area contributed by atoms with Crippen LogP contribution in [0.5, 0.6) is 5.75 Å². The van der Waals surface area contributed by atoms with E-state index in [0.717, 1.165) is 4.52 Å². The third-order valence-corrected chi connectivity index (χ3v) is 1.97. The van der Waals surface area contributed by atoms with Crippen molar-refractivity contribution in [2.45, 2.75) is 6.18 Å². The normalized spacial score (nSPS) is 12.0. The Balaban J connectivity index is 2.75. The van der Waals surface area contributed by atoms with Gasteiger partial charge in [-0.2, -0.15) is 18.3 Å². The van der Waals surface area contributed by atoms with Crippen LogP contribution in [0, 0.1) is 0 Å². The molecule has 3 nitrogen and oxygen atoms in total. The van der Waals surface area contributed by atoms with Gasteiger partial charge in [-0.05, 0) is 12.1 Å². The molecule has 6 heteroatoms. The van der Waals surface area contributed by atoms with Gasteiger partial charge in [0.2, 0.25) is 5.69 Å². The second-order valence-corrected chi connectivity index (χ2v) is 2.91. The van der Waals surface area contributed by atoms with Gasteiger partial charge < -0.3 is 4.74 Å². The van der Waals surface area contributed by atoms with Crippen molar-refractivity contribution < 1.29 is 17.9 Å². The third kappa shape index (κ3) is 1.51. The predicted octanol–water partition coefficient (Wildman–Crippen LogP) is 2.36. The van der Waals surface area contributed by atoms with Crippen molar-refractivity contribution in [3.05, 3.63) is 30.1 Å². The fraction of sp³-hybridized carbons (Fsp3) is 0.222. The molecule has 0 atom stereocenters. The van der Waals surface area contributed by atoms with Gasteiger partial charge in [-0.15, -0.1) is 0 Å². The zero-order valence-corrected chi connectivity index (χ0v) is 7.75. The van der Waals surface area contributed by atoms with E-state index in [4.69, 9.17) is 4.74 Å². The number of hydrogen-bond donors (Lipinski definition) is 0. The molecule has 0 saturated carbocycles. The first-order valence-electron chi connectivity index (χ1n) is 4.12. The molecule has 0 bridgehead atoms. The second-order valence-electron chi connectivity index (χ2n) is 2.91. The van der Waals surface area contributed by atoms with Crippen molar-refractivity contribution in [2.75, 3.05) is 7.11 Å². The number of pyridine rings is 1. The quantitative estimate of drug-likeness (QED) is 0.731. The van der Waals surface area contributed by atoms with Crippen LogP contribution < -0.4 is 4.74 Å². The summed E-state index contributed by atoms with van der Waals surface area (Å²) in [6.07, 6.45) is -3.07. The molecule has 0 fully saturated rings. The number of nitrogens with zero attached hydrogens (tertiary/aromatic N) is 2. The van der Waals surface area contributed by atoms with E-state index in [1.807, 2.05) is 0 Å². The maximum atomic E-state index is 12.5. The Morgan fingerprint density at radius 1 is 1.33 bits per heavy atom. The fourth-order valence-corrected chi connectivity index (χ4v) is 1.36. The number of hydrogen-bond acceptors (Lipinski definition) is 2. The highest BCUT2D eigenvalue weighted by Gasteiger charge is 2.38. The number of ether oxygens (including phenoxy) is 1. The van der Waals surface area contributed by atoms with E-state index in [9.17, 15) is 13.2 Å². The van der Waals surface area contributed by atoms with Gasteiger partial charge in [0.05, 0.1) is 7.11 Å². The Bertz CT molecular complexity index is 490. The van der Waals surface area contributed by atoms with Crippen LogP contribution >= 0.6 is 0 Å². The summed E-state index contributed by atoms with van der Waals surface area (Å²) in [4.78, 5) is 0. The van der Waals surface area contributed by atoms with E-state index in [1.165, 1.54) is 19.4 Å². The van der Waals surface area contributed by atoms with Gasteiger partial charge in [0.1, 0.15) is 5.52 Å². The maximum absolute atomic E-state index is 12.5. The third-order valence-electron chi connectivity index (χ3n) is 1.97. The molecule has 0 radical (unpaired) electrons. The maximum Gasteiger partial charge on any atom is 0.438 e. The molecule has 2 rings (SSSR count). The smallest absolute Gasteiger partial charge is 0.438 e. The van der Waals surface area contributed by atoms with Crippen molar-refractivity contribution >= 4 is 5.52 Å². The predicted molar refractivity (Wildman–Crippen MR) is 46.7 cm³/mol. The average Bonchev–Trinajstić information content (AvgIpc) is 2.55. The number of aromatic nitrogens is 2. The van der Waals surface area contributed by atoms with Crippen LogP contribution in [0.4, 0.5) is 13.2 Å². The molecule has 80 valence electrons. The first kappa shape index (κ1) is 9.82. The number of alkyl halides is 3. The SMILES string of the molecule is COc1c(C(F)(F)F)nn2ccccc12. The second kappa shape index (κ2) is 3.15. The first-order valence-corrected chi connectivity index (χ1v) is 4.12. The molecule has 2 heterocycles. The molecule has 0 aliphatic rings. The van der Waals surface area contributed by atoms with Gasteiger partial charge in [0, 0.05) is 6.20 Å². The molecule has 2 aromatic heterocycles. The highest BCUT2D eigenvalue weighted by molar-refractivity contribution is 5.62. The van der Waals surface area contributed by atoms with Crippen LogP contribution in [0.15, 0.2) is 24.4 Å². The van der Waals surface area contributed by atoms with Crippen LogP contribution in [0.25, 0.3) is 5.52 Å². The molecular weight excluding hydrogens is 209 g/mol. The lowest BCUT2D eigenvalue weighted by atomic mass is 10.3. The van der Waals surface area contributed by atoms with Gasteiger partial charge in [-0.3, -0.25) is 0 Å². The van der Waals surface area contributed by atoms with Gasteiger partial charge in [0.25, 0.3) is 0 Å². The van der Waals surface area contributed by atoms with E-state index in [1.54, 1.807) is 12.1 Å². The molecule has 0 aliphatic carbocycles. The molecule has 0 saturated heterocycles. The molecule has 0 aliphatic heterocycles. The highest BCUT2D eigenvalue weighted by Crippen LogP contribution is 2.37. The topological polar surface area (TPSA) is 26.5 Å². The fourth-order valence-electron chi connectivity index (χ4n) is 1.36. The summed E-state index contributed by atoms with van der Waals surface area (Å²) in [5, 5.41) is 3.42. The molecule has 0 unspecified atom stereocenters. The monoisotopic (exact) mass is 216 g/mol. The summed E-state index contributed by atoms with van der Waals surface area (Å²) in [6.45, 7) is 0. The number of methoxy groups -OCH3 is 1. The van der Waals surface area contributed by atoms with Crippen LogP contribution in [0.1, 0.15) is 5.69 Å². The van der Waals surface area contributed by atoms with Gasteiger partial charge >= 0.3 is 6.18 Å². The number of rotatable bonds is 1. The first-order chi connectivity index (χ1) is 7.04. The summed E-state index contributed by atoms with van der Waals surface area (Å²) in [6, 6.07) is 4.74. The molecular formula is C9H7F3N2O. The Morgan fingerprint density at radius 2 is 2.07 bits per heavy atom. The van der Waals surface area contributed by atoms with E-state index in [0.29, 0.717) is 5.52 Å². The van der Waals surface area contributed by atoms with Gasteiger partial charge in [-0.1, -0.05) is 6.07 Å². The lowest BCUT2D eigenvalue weighted by Crippen LogP contribution is -2.07. The minimum absolute atomic E-state index is 0.247. The van der Waals surface area contributed by atoms with Crippen LogP contribution in [0.3, 0.4) is 0 Å². The molecule has 15 heavy (non-hydrogen) atoms. The summed E-state index contributed by atoms with van der Waals surface area (Å²) in [5.41, 5.74) is -0.705. The Kier molecular flexibility index (Phi) is 2.06. The highest BCUT2D eigenvalue weighted by atomic mass is 19.4. The zero-order chi connectivity index (χ0) is 11.1. The van der Waals surface area contributed by atoms with Crippen LogP contribution in [-0.2, 0) is 6.18 Å². The number of halogens is 3. The van der Waals surface area contributed by atoms with Crippen molar-refractivity contribution in [1.82, 2.24) is 9.61 Å². The number of fused-ring (bicyclic) bond motifs is 1. The summed E-state index contributed by atoms with van der Waals surface area (Å²) in [5.74, 6) is -0.247. The summed E-state index contributed by atoms with van der Waals surface area (Å²) >= 11 is 0. The minimum Gasteiger partial charge on any atom is -0.492 e. The molecule has 0 aromatic carbocycles. The van der Waals surface area contributed by atoms with E-state index in [-0.39, 0.29) is 5.75 Å². The van der Waals surface area contributed by atoms with E-state index < -0.39 is 11.9 Å². The van der Waals surface area contributed by atoms with E-state index in [2.05, 4.69) is 5.10 Å². The Labute approximate surface area is 83.1 Å². The van der Waals surface area contributed by atoms with Crippen molar-refractivity contribution in [3.63, 3.8) is 0 Å². The average molecular weight is 216 g/mol. The molecule has 0 amide bonds. The van der Waals surface area contributed by atoms with Crippen molar-refractivity contribution in [1.29, 1.82) is 0 Å². The standard InChI is InChI=1S/C9H7F3N2O/c1-15-7-6-4-2-3-5-14(6)13-8(7)9(10,11)12/h2-5H,1H3. The van der Waals surface area contributed by atoms with Gasteiger partial charge in [-0.25, -0.2) is 4.52 Å². The largest absolute Gasteiger partial charge is 0.492 e. The van der Waals surface area contributed by atoms with Crippen molar-refractivity contribution in [3.8, 4) is 5.75 Å². The zero-order valence-electron chi connectivity index (χ0n) is 7.75. The lowest BCUT2D eigenvalue weighted by molar-refractivity contribution is -0.142. The summed E-state index contributed by atoms with van der Waals surface area (Å²) < 4.78 is 43.4. The Morgan fingerprint density at radius 3 is 2.67 bits per heavy atom. The molecule has 2 aromatic rings. The minimum atomic E-state index is -4.50. The lowest BCUT2D eigenvalue weighted by Gasteiger charge is -2.04. The Hall–Kier alpha value is -1.72.